The lowest BCUT2D eigenvalue weighted by Gasteiger charge is -2.38. The summed E-state index contributed by atoms with van der Waals surface area (Å²) in [5.74, 6) is -8.25. The van der Waals surface area contributed by atoms with Crippen LogP contribution < -0.4 is 4.74 Å². The molecule has 2 rings (SSSR count). The molecule has 2 aromatic rings. The Morgan fingerprint density at radius 1 is 0.818 bits per heavy atom. The maximum absolute atomic E-state index is 15.3. The SMILES string of the molecule is CCc1[c]c(C)cc(C(F)(C(F)(F)F)C(F)(F)C(F)(F)F)c1-c1ccccc1OC(F)(F)F. The minimum absolute atomic E-state index is 0.0476. The standard InChI is InChI=1S/C20H13F12O/c1-3-11-8-10(2)9-13(16(21,18(24,25)26)17(22,23)19(27,28)29)15(11)12-6-4-5-7-14(12)33-20(30,31)32/h4-7,9H,3H2,1-2H3. The molecule has 0 aliphatic carbocycles. The second-order valence-electron chi connectivity index (χ2n) is 6.85. The van der Waals surface area contributed by atoms with E-state index < -0.39 is 70.3 Å². The molecule has 1 unspecified atom stereocenters. The molecule has 0 heterocycles. The van der Waals surface area contributed by atoms with Gasteiger partial charge in [0.05, 0.1) is 0 Å². The molecule has 0 bridgehead atoms. The summed E-state index contributed by atoms with van der Waals surface area (Å²) in [6, 6.07) is 5.57. The third-order valence-electron chi connectivity index (χ3n) is 4.57. The first-order valence-electron chi connectivity index (χ1n) is 8.89. The van der Waals surface area contributed by atoms with Crippen molar-refractivity contribution in [2.75, 3.05) is 0 Å². The average molecular weight is 497 g/mol. The number of halogens is 12. The van der Waals surface area contributed by atoms with Gasteiger partial charge >= 0.3 is 30.3 Å². The highest BCUT2D eigenvalue weighted by Gasteiger charge is 2.82. The first kappa shape index (κ1) is 26.7. The molecule has 13 heteroatoms. The predicted molar refractivity (Wildman–Crippen MR) is 91.4 cm³/mol. The second-order valence-corrected chi connectivity index (χ2v) is 6.85. The van der Waals surface area contributed by atoms with Crippen molar-refractivity contribution in [3.63, 3.8) is 0 Å². The van der Waals surface area contributed by atoms with E-state index in [1.165, 1.54) is 6.92 Å². The Hall–Kier alpha value is -2.60. The smallest absolute Gasteiger partial charge is 0.405 e. The molecular formula is C20H13F12O. The van der Waals surface area contributed by atoms with E-state index in [1.54, 1.807) is 0 Å². The van der Waals surface area contributed by atoms with E-state index in [4.69, 9.17) is 0 Å². The molecule has 0 saturated carbocycles. The van der Waals surface area contributed by atoms with Crippen molar-refractivity contribution in [3.8, 4) is 16.9 Å². The van der Waals surface area contributed by atoms with Crippen LogP contribution in [0.15, 0.2) is 30.3 Å². The summed E-state index contributed by atoms with van der Waals surface area (Å²) < 4.78 is 166. The Balaban J connectivity index is 3.08. The lowest BCUT2D eigenvalue weighted by molar-refractivity contribution is -0.389. The molecule has 183 valence electrons. The van der Waals surface area contributed by atoms with Crippen molar-refractivity contribution in [2.45, 2.75) is 50.6 Å². The van der Waals surface area contributed by atoms with Gasteiger partial charge in [0.2, 0.25) is 0 Å². The van der Waals surface area contributed by atoms with Crippen LogP contribution in [-0.2, 0) is 12.1 Å². The van der Waals surface area contributed by atoms with E-state index in [1.807, 2.05) is 0 Å². The second kappa shape index (κ2) is 8.32. The summed E-state index contributed by atoms with van der Waals surface area (Å²) in [4.78, 5) is 0. The summed E-state index contributed by atoms with van der Waals surface area (Å²) in [6.45, 7) is 2.16. The lowest BCUT2D eigenvalue weighted by atomic mass is 9.79. The molecule has 0 aliphatic heterocycles. The zero-order valence-electron chi connectivity index (χ0n) is 16.5. The zero-order chi connectivity index (χ0) is 25.6. The van der Waals surface area contributed by atoms with Gasteiger partial charge in [0.25, 0.3) is 0 Å². The van der Waals surface area contributed by atoms with Crippen LogP contribution in [0.3, 0.4) is 0 Å². The van der Waals surface area contributed by atoms with Crippen molar-refractivity contribution >= 4 is 0 Å². The van der Waals surface area contributed by atoms with Gasteiger partial charge in [-0.25, -0.2) is 4.39 Å². The van der Waals surface area contributed by atoms with Gasteiger partial charge in [-0.2, -0.15) is 35.1 Å². The maximum Gasteiger partial charge on any atom is 0.573 e. The third-order valence-corrected chi connectivity index (χ3v) is 4.57. The number of alkyl halides is 12. The van der Waals surface area contributed by atoms with Gasteiger partial charge in [-0.15, -0.1) is 13.2 Å². The molecule has 0 spiro atoms. The molecule has 0 amide bonds. The van der Waals surface area contributed by atoms with Crippen LogP contribution in [0.2, 0.25) is 0 Å². The first-order chi connectivity index (χ1) is 14.8. The molecule has 1 atom stereocenters. The minimum Gasteiger partial charge on any atom is -0.405 e. The molecule has 1 radical (unpaired) electrons. The summed E-state index contributed by atoms with van der Waals surface area (Å²) in [5, 5.41) is 0. The number of para-hydroxylation sites is 1. The Kier molecular flexibility index (Phi) is 6.72. The van der Waals surface area contributed by atoms with Gasteiger partial charge < -0.3 is 4.74 Å². The lowest BCUT2D eigenvalue weighted by Crippen LogP contribution is -2.60. The van der Waals surface area contributed by atoms with Crippen LogP contribution in [0, 0.1) is 13.0 Å². The molecule has 0 N–H and O–H groups in total. The number of rotatable bonds is 5. The number of ether oxygens (including phenoxy) is 1. The van der Waals surface area contributed by atoms with Crippen LogP contribution in [0.25, 0.3) is 11.1 Å². The van der Waals surface area contributed by atoms with Gasteiger partial charge in [0.15, 0.2) is 0 Å². The van der Waals surface area contributed by atoms with Gasteiger partial charge in [-0.05, 0) is 42.2 Å². The van der Waals surface area contributed by atoms with Gasteiger partial charge in [-0.3, -0.25) is 0 Å². The number of aryl methyl sites for hydroxylation is 2. The highest BCUT2D eigenvalue weighted by molar-refractivity contribution is 5.78. The van der Waals surface area contributed by atoms with Crippen LogP contribution in [0.4, 0.5) is 52.7 Å². The molecule has 33 heavy (non-hydrogen) atoms. The predicted octanol–water partition coefficient (Wildman–Crippen LogP) is 7.85. The van der Waals surface area contributed by atoms with Gasteiger partial charge in [0, 0.05) is 11.1 Å². The first-order valence-corrected chi connectivity index (χ1v) is 8.89. The monoisotopic (exact) mass is 497 g/mol. The number of hydrogen-bond acceptors (Lipinski definition) is 1. The summed E-state index contributed by atoms with van der Waals surface area (Å²) >= 11 is 0. The number of benzene rings is 2. The molecule has 2 aromatic carbocycles. The summed E-state index contributed by atoms with van der Waals surface area (Å²) in [5.41, 5.74) is -11.8. The van der Waals surface area contributed by atoms with Crippen molar-refractivity contribution in [1.29, 1.82) is 0 Å². The van der Waals surface area contributed by atoms with E-state index in [2.05, 4.69) is 10.8 Å². The van der Waals surface area contributed by atoms with Crippen molar-refractivity contribution < 1.29 is 57.4 Å². The van der Waals surface area contributed by atoms with Crippen molar-refractivity contribution in [3.05, 3.63) is 53.1 Å². The van der Waals surface area contributed by atoms with E-state index in [9.17, 15) is 48.3 Å². The normalized spacial score (nSPS) is 15.3. The highest BCUT2D eigenvalue weighted by Crippen LogP contribution is 2.60. The zero-order valence-corrected chi connectivity index (χ0v) is 16.5. The highest BCUT2D eigenvalue weighted by atomic mass is 19.4. The fourth-order valence-electron chi connectivity index (χ4n) is 3.21. The quantitative estimate of drug-likeness (QED) is 0.383. The van der Waals surface area contributed by atoms with E-state index in [0.717, 1.165) is 19.1 Å². The number of hydrogen-bond donors (Lipinski definition) is 0. The van der Waals surface area contributed by atoms with E-state index in [0.29, 0.717) is 12.1 Å². The van der Waals surface area contributed by atoms with Crippen LogP contribution in [0.1, 0.15) is 23.6 Å². The van der Waals surface area contributed by atoms with Crippen LogP contribution >= 0.6 is 0 Å². The minimum atomic E-state index is -7.01. The van der Waals surface area contributed by atoms with E-state index >= 15 is 4.39 Å². The molecule has 0 saturated heterocycles. The molecule has 0 fully saturated rings. The Bertz CT molecular complexity index is 1000. The van der Waals surface area contributed by atoms with Crippen LogP contribution in [0.5, 0.6) is 5.75 Å². The fraction of sp³-hybridized carbons (Fsp3) is 0.400. The summed E-state index contributed by atoms with van der Waals surface area (Å²) in [6.07, 6.45) is -19.7. The fourth-order valence-corrected chi connectivity index (χ4v) is 3.21. The molecule has 1 nitrogen and oxygen atoms in total. The largest absolute Gasteiger partial charge is 0.573 e. The Labute approximate surface area is 179 Å². The average Bonchev–Trinajstić information content (AvgIpc) is 2.64. The van der Waals surface area contributed by atoms with Crippen molar-refractivity contribution in [2.24, 2.45) is 0 Å². The summed E-state index contributed by atoms with van der Waals surface area (Å²) in [7, 11) is 0. The molecule has 0 aromatic heterocycles. The Morgan fingerprint density at radius 2 is 1.36 bits per heavy atom. The molecular weight excluding hydrogens is 484 g/mol. The van der Waals surface area contributed by atoms with E-state index in [-0.39, 0.29) is 6.07 Å². The van der Waals surface area contributed by atoms with Crippen molar-refractivity contribution in [1.82, 2.24) is 0 Å². The topological polar surface area (TPSA) is 9.23 Å². The Morgan fingerprint density at radius 3 is 1.82 bits per heavy atom. The van der Waals surface area contributed by atoms with Gasteiger partial charge in [0.1, 0.15) is 5.75 Å². The third kappa shape index (κ3) is 4.72. The van der Waals surface area contributed by atoms with Gasteiger partial charge in [-0.1, -0.05) is 31.2 Å². The molecule has 0 aliphatic rings. The maximum atomic E-state index is 15.3. The van der Waals surface area contributed by atoms with Crippen LogP contribution in [-0.4, -0.2) is 24.6 Å².